The van der Waals surface area contributed by atoms with E-state index in [4.69, 9.17) is 0 Å². The van der Waals surface area contributed by atoms with Crippen LogP contribution in [0.4, 0.5) is 5.13 Å². The van der Waals surface area contributed by atoms with Gasteiger partial charge in [0.15, 0.2) is 0 Å². The summed E-state index contributed by atoms with van der Waals surface area (Å²) in [6.07, 6.45) is 9.37. The molecule has 0 radical (unpaired) electrons. The smallest absolute Gasteiger partial charge is 0.253 e. The van der Waals surface area contributed by atoms with Gasteiger partial charge in [-0.1, -0.05) is 54.7 Å². The zero-order valence-electron chi connectivity index (χ0n) is 19.5. The maximum Gasteiger partial charge on any atom is 0.253 e. The van der Waals surface area contributed by atoms with E-state index in [1.807, 2.05) is 38.1 Å². The molecular weight excluding hydrogens is 464 g/mol. The van der Waals surface area contributed by atoms with Crippen LogP contribution in [-0.2, 0) is 4.79 Å². The second-order valence-corrected chi connectivity index (χ2v) is 10.3. The Morgan fingerprint density at radius 2 is 1.97 bits per heavy atom. The molecule has 0 saturated carbocycles. The molecule has 2 amide bonds. The highest BCUT2D eigenvalue weighted by Crippen LogP contribution is 2.42. The van der Waals surface area contributed by atoms with Gasteiger partial charge in [0.1, 0.15) is 5.51 Å². The Bertz CT molecular complexity index is 1180. The fraction of sp³-hybridized carbons (Fsp3) is 0.308. The average molecular weight is 493 g/mol. The van der Waals surface area contributed by atoms with Crippen molar-refractivity contribution in [2.45, 2.75) is 26.2 Å². The third kappa shape index (κ3) is 5.34. The van der Waals surface area contributed by atoms with E-state index in [0.717, 1.165) is 16.9 Å². The Labute approximate surface area is 208 Å². The zero-order chi connectivity index (χ0) is 24.1. The maximum atomic E-state index is 13.1. The van der Waals surface area contributed by atoms with Crippen LogP contribution in [-0.4, -0.2) is 40.5 Å². The number of carbonyl (C=O) groups is 2. The predicted octanol–water partition coefficient (Wildman–Crippen LogP) is 5.85. The van der Waals surface area contributed by atoms with E-state index in [1.165, 1.54) is 16.2 Å². The first kappa shape index (κ1) is 24.0. The molecule has 0 saturated heterocycles. The predicted molar refractivity (Wildman–Crippen MR) is 139 cm³/mol. The summed E-state index contributed by atoms with van der Waals surface area (Å²) >= 11 is 3.02. The van der Waals surface area contributed by atoms with Crippen molar-refractivity contribution in [3.05, 3.63) is 76.7 Å². The summed E-state index contributed by atoms with van der Waals surface area (Å²) in [7, 11) is 1.80. The summed E-state index contributed by atoms with van der Waals surface area (Å²) in [4.78, 5) is 29.5. The van der Waals surface area contributed by atoms with Gasteiger partial charge in [0.05, 0.1) is 0 Å². The first-order chi connectivity index (χ1) is 16.5. The van der Waals surface area contributed by atoms with E-state index in [1.54, 1.807) is 28.8 Å². The minimum atomic E-state index is -0.249. The van der Waals surface area contributed by atoms with Crippen LogP contribution in [0.2, 0.25) is 0 Å². The highest BCUT2D eigenvalue weighted by Gasteiger charge is 2.33. The third-order valence-corrected chi connectivity index (χ3v) is 8.05. The Kier molecular flexibility index (Phi) is 7.70. The number of amides is 2. The van der Waals surface area contributed by atoms with Crippen LogP contribution in [0.15, 0.2) is 66.2 Å². The van der Waals surface area contributed by atoms with Gasteiger partial charge in [0.2, 0.25) is 11.0 Å². The van der Waals surface area contributed by atoms with Crippen molar-refractivity contribution in [2.24, 2.45) is 11.8 Å². The lowest BCUT2D eigenvalue weighted by Gasteiger charge is -2.29. The van der Waals surface area contributed by atoms with E-state index >= 15 is 0 Å². The van der Waals surface area contributed by atoms with Gasteiger partial charge < -0.3 is 10.2 Å². The lowest BCUT2D eigenvalue weighted by atomic mass is 9.78. The molecular formula is C26H28N4O2S2. The first-order valence-corrected chi connectivity index (χ1v) is 13.0. The third-order valence-electron chi connectivity index (χ3n) is 6.21. The molecule has 0 spiro atoms. The molecule has 1 aliphatic carbocycles. The van der Waals surface area contributed by atoms with Gasteiger partial charge in [0, 0.05) is 40.7 Å². The van der Waals surface area contributed by atoms with Crippen molar-refractivity contribution in [1.29, 1.82) is 0 Å². The van der Waals surface area contributed by atoms with Crippen molar-refractivity contribution in [3.8, 4) is 10.4 Å². The molecule has 2 heterocycles. The SMILES string of the molecule is CCN(C)C(=O)c1ccc(-c2ccc([C@@H](C3C=CC=CC3)[C@@H](C)C(=O)Nc3nncs3)s2)cc1. The van der Waals surface area contributed by atoms with Gasteiger partial charge in [-0.15, -0.1) is 21.5 Å². The van der Waals surface area contributed by atoms with Crippen LogP contribution in [0.3, 0.4) is 0 Å². The number of allylic oxidation sites excluding steroid dienone is 4. The fourth-order valence-corrected chi connectivity index (χ4v) is 5.88. The first-order valence-electron chi connectivity index (χ1n) is 11.3. The minimum Gasteiger partial charge on any atom is -0.342 e. The molecule has 6 nitrogen and oxygen atoms in total. The molecule has 8 heteroatoms. The number of benzene rings is 1. The summed E-state index contributed by atoms with van der Waals surface area (Å²) in [5, 5.41) is 11.2. The number of thiophene rings is 1. The van der Waals surface area contributed by atoms with E-state index in [0.29, 0.717) is 17.2 Å². The molecule has 34 heavy (non-hydrogen) atoms. The Morgan fingerprint density at radius 3 is 2.62 bits per heavy atom. The molecule has 1 unspecified atom stereocenters. The molecule has 0 aliphatic heterocycles. The number of nitrogens with zero attached hydrogens (tertiary/aromatic N) is 3. The molecule has 3 aromatic rings. The van der Waals surface area contributed by atoms with Crippen LogP contribution >= 0.6 is 22.7 Å². The second-order valence-electron chi connectivity index (χ2n) is 8.36. The van der Waals surface area contributed by atoms with Crippen LogP contribution in [0, 0.1) is 11.8 Å². The summed E-state index contributed by atoms with van der Waals surface area (Å²) in [5.74, 6) is -0.0137. The monoisotopic (exact) mass is 492 g/mol. The van der Waals surface area contributed by atoms with Crippen molar-refractivity contribution >= 4 is 39.6 Å². The average Bonchev–Trinajstić information content (AvgIpc) is 3.56. The van der Waals surface area contributed by atoms with Crippen LogP contribution < -0.4 is 5.32 Å². The summed E-state index contributed by atoms with van der Waals surface area (Å²) in [5.41, 5.74) is 3.36. The second kappa shape index (κ2) is 10.9. The fourth-order valence-electron chi connectivity index (χ4n) is 4.13. The Hall–Kier alpha value is -3.10. The summed E-state index contributed by atoms with van der Waals surface area (Å²) in [6.45, 7) is 4.62. The van der Waals surface area contributed by atoms with Crippen molar-refractivity contribution < 1.29 is 9.59 Å². The molecule has 1 N–H and O–H groups in total. The molecule has 3 atom stereocenters. The van der Waals surface area contributed by atoms with Crippen molar-refractivity contribution in [1.82, 2.24) is 15.1 Å². The molecule has 1 aromatic carbocycles. The van der Waals surface area contributed by atoms with E-state index in [9.17, 15) is 9.59 Å². The van der Waals surface area contributed by atoms with Gasteiger partial charge in [-0.05, 0) is 49.1 Å². The maximum absolute atomic E-state index is 13.1. The van der Waals surface area contributed by atoms with Gasteiger partial charge in [0.25, 0.3) is 5.91 Å². The number of hydrogen-bond acceptors (Lipinski definition) is 6. The van der Waals surface area contributed by atoms with Gasteiger partial charge in [-0.25, -0.2) is 0 Å². The molecule has 2 aromatic heterocycles. The Balaban J connectivity index is 1.58. The largest absolute Gasteiger partial charge is 0.342 e. The normalized spacial score (nSPS) is 16.7. The van der Waals surface area contributed by atoms with E-state index in [2.05, 4.69) is 52.0 Å². The van der Waals surface area contributed by atoms with Gasteiger partial charge >= 0.3 is 0 Å². The van der Waals surface area contributed by atoms with Crippen LogP contribution in [0.5, 0.6) is 0 Å². The van der Waals surface area contributed by atoms with Crippen LogP contribution in [0.25, 0.3) is 10.4 Å². The minimum absolute atomic E-state index is 0.0217. The lowest BCUT2D eigenvalue weighted by molar-refractivity contribution is -0.120. The molecule has 1 aliphatic rings. The van der Waals surface area contributed by atoms with Crippen LogP contribution in [0.1, 0.15) is 41.4 Å². The molecule has 0 fully saturated rings. The summed E-state index contributed by atoms with van der Waals surface area (Å²) in [6, 6.07) is 12.0. The van der Waals surface area contributed by atoms with Crippen molar-refractivity contribution in [3.63, 3.8) is 0 Å². The standard InChI is InChI=1S/C26H28N4O2S2/c1-4-30(3)25(32)20-12-10-18(11-13-20)21-14-15-22(34-21)23(19-8-6-5-7-9-19)17(2)24(31)28-26-29-27-16-33-26/h5-8,10-17,19,23H,4,9H2,1-3H3,(H,28,29,31)/t17-,19?,23-/m1/s1. The number of rotatable bonds is 8. The number of carbonyl (C=O) groups excluding carboxylic acids is 2. The van der Waals surface area contributed by atoms with E-state index in [-0.39, 0.29) is 29.6 Å². The highest BCUT2D eigenvalue weighted by atomic mass is 32.1. The topological polar surface area (TPSA) is 75.2 Å². The number of nitrogens with one attached hydrogen (secondary N) is 1. The number of aromatic nitrogens is 2. The van der Waals surface area contributed by atoms with Crippen molar-refractivity contribution in [2.75, 3.05) is 18.9 Å². The van der Waals surface area contributed by atoms with E-state index < -0.39 is 0 Å². The highest BCUT2D eigenvalue weighted by molar-refractivity contribution is 7.15. The van der Waals surface area contributed by atoms with Gasteiger partial charge in [-0.2, -0.15) is 0 Å². The molecule has 4 rings (SSSR count). The Morgan fingerprint density at radius 1 is 1.18 bits per heavy atom. The zero-order valence-corrected chi connectivity index (χ0v) is 21.1. The molecule has 0 bridgehead atoms. The number of anilines is 1. The lowest BCUT2D eigenvalue weighted by Crippen LogP contribution is -2.29. The van der Waals surface area contributed by atoms with Gasteiger partial charge in [-0.3, -0.25) is 9.59 Å². The molecule has 176 valence electrons. The number of hydrogen-bond donors (Lipinski definition) is 1. The summed E-state index contributed by atoms with van der Waals surface area (Å²) < 4.78 is 0. The quantitative estimate of drug-likeness (QED) is 0.428.